The van der Waals surface area contributed by atoms with E-state index >= 15 is 0 Å². The van der Waals surface area contributed by atoms with Crippen molar-refractivity contribution in [1.82, 2.24) is 19.9 Å². The van der Waals surface area contributed by atoms with Crippen LogP contribution in [-0.4, -0.2) is 19.9 Å². The summed E-state index contributed by atoms with van der Waals surface area (Å²) in [4.78, 5) is 16.8. The van der Waals surface area contributed by atoms with Gasteiger partial charge in [-0.3, -0.25) is 0 Å². The zero-order valence-electron chi connectivity index (χ0n) is 10.9. The van der Waals surface area contributed by atoms with Crippen molar-refractivity contribution in [3.63, 3.8) is 0 Å². The zero-order valence-corrected chi connectivity index (χ0v) is 11.8. The van der Waals surface area contributed by atoms with Crippen molar-refractivity contribution in [2.45, 2.75) is 10.1 Å². The van der Waals surface area contributed by atoms with Gasteiger partial charge in [0.05, 0.1) is 0 Å². The summed E-state index contributed by atoms with van der Waals surface area (Å²) in [6.07, 6.45) is 1.42. The van der Waals surface area contributed by atoms with Crippen LogP contribution in [0, 0.1) is 0 Å². The molecule has 0 aliphatic rings. The molecule has 0 bridgehead atoms. The highest BCUT2D eigenvalue weighted by atomic mass is 32.2. The predicted molar refractivity (Wildman–Crippen MR) is 84.2 cm³/mol. The minimum Gasteiger partial charge on any atom is -0.382 e. The van der Waals surface area contributed by atoms with Crippen molar-refractivity contribution in [1.29, 1.82) is 0 Å². The predicted octanol–water partition coefficient (Wildman–Crippen LogP) is 3.24. The van der Waals surface area contributed by atoms with Gasteiger partial charge in [-0.1, -0.05) is 42.1 Å². The molecular weight excluding hydrogens is 282 g/mol. The SMILES string of the molecule is Nc1ncnc2nc(Sc3ccc4ccccc4c3)[nH]c12. The standard InChI is InChI=1S/C15H11N5S/c16-13-12-14(18-8-17-13)20-15(19-12)21-11-6-5-9-3-1-2-4-10(9)7-11/h1-8H,(H3,16,17,18,19,20). The minimum atomic E-state index is 0.415. The number of benzene rings is 2. The highest BCUT2D eigenvalue weighted by Crippen LogP contribution is 2.29. The fourth-order valence-corrected chi connectivity index (χ4v) is 3.05. The Morgan fingerprint density at radius 2 is 1.86 bits per heavy atom. The van der Waals surface area contributed by atoms with E-state index in [1.165, 1.54) is 17.1 Å². The molecule has 0 saturated carbocycles. The van der Waals surface area contributed by atoms with Crippen LogP contribution in [0.3, 0.4) is 0 Å². The second kappa shape index (κ2) is 4.75. The van der Waals surface area contributed by atoms with Crippen molar-refractivity contribution in [2.75, 3.05) is 5.73 Å². The summed E-state index contributed by atoms with van der Waals surface area (Å²) >= 11 is 1.55. The monoisotopic (exact) mass is 293 g/mol. The average molecular weight is 293 g/mol. The van der Waals surface area contributed by atoms with Crippen LogP contribution in [0.15, 0.2) is 58.8 Å². The van der Waals surface area contributed by atoms with Gasteiger partial charge in [0.25, 0.3) is 0 Å². The van der Waals surface area contributed by atoms with Crippen LogP contribution in [-0.2, 0) is 0 Å². The van der Waals surface area contributed by atoms with E-state index in [1.54, 1.807) is 11.8 Å². The number of rotatable bonds is 2. The second-order valence-corrected chi connectivity index (χ2v) is 5.67. The maximum absolute atomic E-state index is 5.81. The van der Waals surface area contributed by atoms with Crippen molar-refractivity contribution in [3.05, 3.63) is 48.8 Å². The smallest absolute Gasteiger partial charge is 0.183 e. The molecule has 0 radical (unpaired) electrons. The Morgan fingerprint density at radius 3 is 2.71 bits per heavy atom. The normalized spacial score (nSPS) is 11.2. The van der Waals surface area contributed by atoms with Gasteiger partial charge in [0, 0.05) is 4.90 Å². The highest BCUT2D eigenvalue weighted by Gasteiger charge is 2.08. The van der Waals surface area contributed by atoms with Crippen molar-refractivity contribution in [3.8, 4) is 0 Å². The lowest BCUT2D eigenvalue weighted by Gasteiger charge is -2.01. The summed E-state index contributed by atoms with van der Waals surface area (Å²) in [6.45, 7) is 0. The second-order valence-electron chi connectivity index (χ2n) is 4.61. The third-order valence-electron chi connectivity index (χ3n) is 3.23. The third-order valence-corrected chi connectivity index (χ3v) is 4.11. The van der Waals surface area contributed by atoms with Crippen LogP contribution in [0.4, 0.5) is 5.82 Å². The number of hydrogen-bond acceptors (Lipinski definition) is 5. The molecule has 2 aromatic heterocycles. The lowest BCUT2D eigenvalue weighted by molar-refractivity contribution is 1.07. The van der Waals surface area contributed by atoms with Gasteiger partial charge in [0.1, 0.15) is 11.8 Å². The molecule has 0 amide bonds. The summed E-state index contributed by atoms with van der Waals surface area (Å²) in [7, 11) is 0. The fraction of sp³-hybridized carbons (Fsp3) is 0. The maximum Gasteiger partial charge on any atom is 0.183 e. The number of imidazole rings is 1. The van der Waals surface area contributed by atoms with E-state index in [1.807, 2.05) is 12.1 Å². The number of nitrogens with zero attached hydrogens (tertiary/aromatic N) is 3. The first kappa shape index (κ1) is 12.2. The van der Waals surface area contributed by atoms with Gasteiger partial charge in [-0.25, -0.2) is 15.0 Å². The number of anilines is 1. The molecule has 0 fully saturated rings. The van der Waals surface area contributed by atoms with Crippen LogP contribution >= 0.6 is 11.8 Å². The largest absolute Gasteiger partial charge is 0.382 e. The Morgan fingerprint density at radius 1 is 1.00 bits per heavy atom. The van der Waals surface area contributed by atoms with Gasteiger partial charge in [-0.2, -0.15) is 0 Å². The Balaban J connectivity index is 1.73. The molecule has 5 nitrogen and oxygen atoms in total. The van der Waals surface area contributed by atoms with E-state index in [2.05, 4.69) is 50.3 Å². The topological polar surface area (TPSA) is 80.5 Å². The summed E-state index contributed by atoms with van der Waals surface area (Å²) in [5.74, 6) is 0.415. The van der Waals surface area contributed by atoms with Crippen LogP contribution in [0.5, 0.6) is 0 Å². The first-order valence-electron chi connectivity index (χ1n) is 6.42. The van der Waals surface area contributed by atoms with Crippen LogP contribution in [0.25, 0.3) is 21.9 Å². The molecular formula is C15H11N5S. The Bertz CT molecular complexity index is 947. The molecule has 4 rings (SSSR count). The minimum absolute atomic E-state index is 0.415. The molecule has 2 aromatic carbocycles. The first-order valence-corrected chi connectivity index (χ1v) is 7.24. The molecule has 3 N–H and O–H groups in total. The lowest BCUT2D eigenvalue weighted by Crippen LogP contribution is -1.91. The van der Waals surface area contributed by atoms with E-state index < -0.39 is 0 Å². The molecule has 0 unspecified atom stereocenters. The van der Waals surface area contributed by atoms with E-state index in [-0.39, 0.29) is 0 Å². The summed E-state index contributed by atoms with van der Waals surface area (Å²) in [6, 6.07) is 14.6. The molecule has 0 aliphatic carbocycles. The number of nitrogens with one attached hydrogen (secondary N) is 1. The van der Waals surface area contributed by atoms with Crippen molar-refractivity contribution >= 4 is 39.5 Å². The third kappa shape index (κ3) is 2.19. The van der Waals surface area contributed by atoms with Crippen LogP contribution in [0.2, 0.25) is 0 Å². The number of aromatic nitrogens is 4. The van der Waals surface area contributed by atoms with Gasteiger partial charge in [0.15, 0.2) is 16.6 Å². The van der Waals surface area contributed by atoms with Crippen LogP contribution < -0.4 is 5.73 Å². The van der Waals surface area contributed by atoms with E-state index in [9.17, 15) is 0 Å². The van der Waals surface area contributed by atoms with Crippen LogP contribution in [0.1, 0.15) is 0 Å². The lowest BCUT2D eigenvalue weighted by atomic mass is 10.1. The van der Waals surface area contributed by atoms with E-state index in [4.69, 9.17) is 5.73 Å². The van der Waals surface area contributed by atoms with Gasteiger partial charge < -0.3 is 10.7 Å². The fourth-order valence-electron chi connectivity index (χ4n) is 2.22. The first-order chi connectivity index (χ1) is 10.3. The molecule has 102 valence electrons. The van der Waals surface area contributed by atoms with E-state index in [0.29, 0.717) is 17.0 Å². The molecule has 21 heavy (non-hydrogen) atoms. The molecule has 4 aromatic rings. The number of nitrogens with two attached hydrogens (primary N) is 1. The Hall–Kier alpha value is -2.60. The summed E-state index contributed by atoms with van der Waals surface area (Å²) < 4.78 is 0. The van der Waals surface area contributed by atoms with E-state index in [0.717, 1.165) is 10.1 Å². The molecule has 0 spiro atoms. The quantitative estimate of drug-likeness (QED) is 0.593. The number of nitrogen functional groups attached to an aromatic ring is 1. The number of H-pyrrole nitrogens is 1. The highest BCUT2D eigenvalue weighted by molar-refractivity contribution is 7.99. The zero-order chi connectivity index (χ0) is 14.2. The number of aromatic amines is 1. The number of hydrogen-bond donors (Lipinski definition) is 2. The van der Waals surface area contributed by atoms with Crippen molar-refractivity contribution < 1.29 is 0 Å². The maximum atomic E-state index is 5.81. The molecule has 2 heterocycles. The van der Waals surface area contributed by atoms with Crippen molar-refractivity contribution in [2.24, 2.45) is 0 Å². The Kier molecular flexibility index (Phi) is 2.75. The van der Waals surface area contributed by atoms with Gasteiger partial charge in [-0.05, 0) is 22.9 Å². The summed E-state index contributed by atoms with van der Waals surface area (Å²) in [5, 5.41) is 3.19. The Labute approximate surface area is 124 Å². The molecule has 0 atom stereocenters. The molecule has 0 saturated heterocycles. The summed E-state index contributed by atoms with van der Waals surface area (Å²) in [5.41, 5.74) is 7.08. The average Bonchev–Trinajstić information content (AvgIpc) is 2.91. The van der Waals surface area contributed by atoms with Gasteiger partial charge in [-0.15, -0.1) is 0 Å². The molecule has 0 aliphatic heterocycles. The molecule has 6 heteroatoms. The van der Waals surface area contributed by atoms with Gasteiger partial charge >= 0.3 is 0 Å². The van der Waals surface area contributed by atoms with Gasteiger partial charge in [0.2, 0.25) is 0 Å². The number of fused-ring (bicyclic) bond motifs is 2.